The van der Waals surface area contributed by atoms with Gasteiger partial charge in [0.25, 0.3) is 0 Å². The van der Waals surface area contributed by atoms with Crippen molar-refractivity contribution in [3.8, 4) is 11.5 Å². The zero-order valence-corrected chi connectivity index (χ0v) is 22.3. The minimum Gasteiger partial charge on any atom is -0.507 e. The SMILES string of the molecule is CCOC(=O)COc1ccc(CCNC(=O)CCc2cc(C(C)(C)C)c(O)c(C(C)(C)C)c2)cc1. The van der Waals surface area contributed by atoms with E-state index in [-0.39, 0.29) is 23.3 Å². The fourth-order valence-corrected chi connectivity index (χ4v) is 3.77. The van der Waals surface area contributed by atoms with E-state index in [1.54, 1.807) is 19.1 Å². The average Bonchev–Trinajstić information content (AvgIpc) is 2.76. The highest BCUT2D eigenvalue weighted by Gasteiger charge is 2.26. The van der Waals surface area contributed by atoms with Crippen LogP contribution in [0.15, 0.2) is 36.4 Å². The zero-order valence-electron chi connectivity index (χ0n) is 22.3. The van der Waals surface area contributed by atoms with Crippen LogP contribution in [0.2, 0.25) is 0 Å². The van der Waals surface area contributed by atoms with E-state index in [0.717, 1.165) is 22.3 Å². The molecule has 0 aromatic heterocycles. The number of esters is 1. The summed E-state index contributed by atoms with van der Waals surface area (Å²) in [5, 5.41) is 13.9. The summed E-state index contributed by atoms with van der Waals surface area (Å²) in [7, 11) is 0. The summed E-state index contributed by atoms with van der Waals surface area (Å²) in [5.41, 5.74) is 3.57. The summed E-state index contributed by atoms with van der Waals surface area (Å²) >= 11 is 0. The largest absolute Gasteiger partial charge is 0.507 e. The Morgan fingerprint density at radius 1 is 0.886 bits per heavy atom. The van der Waals surface area contributed by atoms with Crippen molar-refractivity contribution < 1.29 is 24.2 Å². The number of aryl methyl sites for hydroxylation is 1. The second kappa shape index (κ2) is 12.1. The first kappa shape index (κ1) is 28.2. The Labute approximate surface area is 210 Å². The Kier molecular flexibility index (Phi) is 9.75. The van der Waals surface area contributed by atoms with Crippen molar-refractivity contribution in [2.24, 2.45) is 0 Å². The highest BCUT2D eigenvalue weighted by molar-refractivity contribution is 5.76. The van der Waals surface area contributed by atoms with Crippen LogP contribution in [-0.4, -0.2) is 36.7 Å². The molecule has 0 saturated heterocycles. The molecule has 35 heavy (non-hydrogen) atoms. The lowest BCUT2D eigenvalue weighted by molar-refractivity contribution is -0.145. The fourth-order valence-electron chi connectivity index (χ4n) is 3.77. The molecule has 0 bridgehead atoms. The van der Waals surface area contributed by atoms with Crippen molar-refractivity contribution in [1.29, 1.82) is 0 Å². The van der Waals surface area contributed by atoms with E-state index in [1.807, 2.05) is 24.3 Å². The molecule has 2 aromatic rings. The van der Waals surface area contributed by atoms with Crippen molar-refractivity contribution >= 4 is 11.9 Å². The van der Waals surface area contributed by atoms with Gasteiger partial charge < -0.3 is 19.9 Å². The number of aromatic hydroxyl groups is 1. The maximum Gasteiger partial charge on any atom is 0.344 e. The quantitative estimate of drug-likeness (QED) is 0.453. The Bertz CT molecular complexity index is 962. The predicted molar refractivity (Wildman–Crippen MR) is 139 cm³/mol. The molecule has 1 amide bonds. The van der Waals surface area contributed by atoms with Crippen molar-refractivity contribution in [3.63, 3.8) is 0 Å². The van der Waals surface area contributed by atoms with Crippen LogP contribution in [0.25, 0.3) is 0 Å². The first-order valence-corrected chi connectivity index (χ1v) is 12.3. The molecule has 0 aliphatic carbocycles. The lowest BCUT2D eigenvalue weighted by Gasteiger charge is -2.28. The number of carbonyl (C=O) groups excluding carboxylic acids is 2. The molecule has 0 aliphatic rings. The molecular weight excluding hydrogens is 442 g/mol. The number of carbonyl (C=O) groups is 2. The number of hydrogen-bond acceptors (Lipinski definition) is 5. The summed E-state index contributed by atoms with van der Waals surface area (Å²) in [6.45, 7) is 15.0. The molecule has 2 rings (SSSR count). The number of phenolic OH excluding ortho intramolecular Hbond substituents is 1. The van der Waals surface area contributed by atoms with Crippen molar-refractivity contribution in [1.82, 2.24) is 5.32 Å². The summed E-state index contributed by atoms with van der Waals surface area (Å²) in [6.07, 6.45) is 1.70. The van der Waals surface area contributed by atoms with E-state index in [1.165, 1.54) is 0 Å². The number of rotatable bonds is 10. The zero-order chi connectivity index (χ0) is 26.2. The minimum atomic E-state index is -0.393. The number of amides is 1. The first-order valence-electron chi connectivity index (χ1n) is 12.3. The van der Waals surface area contributed by atoms with E-state index in [2.05, 4.69) is 46.9 Å². The summed E-state index contributed by atoms with van der Waals surface area (Å²) < 4.78 is 10.2. The predicted octanol–water partition coefficient (Wildman–Crippen LogP) is 5.22. The Balaban J connectivity index is 1.88. The first-order chi connectivity index (χ1) is 16.3. The molecule has 192 valence electrons. The topological polar surface area (TPSA) is 84.9 Å². The van der Waals surface area contributed by atoms with Gasteiger partial charge in [0.05, 0.1) is 6.61 Å². The molecular formula is C29H41NO5. The highest BCUT2D eigenvalue weighted by atomic mass is 16.6. The van der Waals surface area contributed by atoms with Gasteiger partial charge in [0.1, 0.15) is 11.5 Å². The summed E-state index contributed by atoms with van der Waals surface area (Å²) in [4.78, 5) is 23.8. The standard InChI is InChI=1S/C29H41NO5/c1-8-34-26(32)19-35-22-12-9-20(10-13-22)15-16-30-25(31)14-11-21-17-23(28(2,3)4)27(33)24(18-21)29(5,6)7/h9-10,12-13,17-18,33H,8,11,14-16,19H2,1-7H3,(H,30,31). The van der Waals surface area contributed by atoms with Crippen LogP contribution < -0.4 is 10.1 Å². The van der Waals surface area contributed by atoms with Gasteiger partial charge in [0.2, 0.25) is 5.91 Å². The lowest BCUT2D eigenvalue weighted by Crippen LogP contribution is -2.26. The van der Waals surface area contributed by atoms with Gasteiger partial charge in [-0.15, -0.1) is 0 Å². The van der Waals surface area contributed by atoms with Crippen LogP contribution in [0.4, 0.5) is 0 Å². The molecule has 0 spiro atoms. The molecule has 6 nitrogen and oxygen atoms in total. The maximum atomic E-state index is 12.5. The second-order valence-electron chi connectivity index (χ2n) is 10.9. The smallest absolute Gasteiger partial charge is 0.344 e. The number of ether oxygens (including phenoxy) is 2. The van der Waals surface area contributed by atoms with Crippen LogP contribution in [0, 0.1) is 0 Å². The van der Waals surface area contributed by atoms with Gasteiger partial charge >= 0.3 is 5.97 Å². The number of nitrogens with one attached hydrogen (secondary N) is 1. The van der Waals surface area contributed by atoms with Crippen molar-refractivity contribution in [3.05, 3.63) is 58.7 Å². The van der Waals surface area contributed by atoms with Gasteiger partial charge in [-0.05, 0) is 65.0 Å². The van der Waals surface area contributed by atoms with Crippen LogP contribution >= 0.6 is 0 Å². The molecule has 2 N–H and O–H groups in total. The van der Waals surface area contributed by atoms with Crippen LogP contribution in [0.3, 0.4) is 0 Å². The molecule has 6 heteroatoms. The molecule has 0 fully saturated rings. The summed E-state index contributed by atoms with van der Waals surface area (Å²) in [6, 6.07) is 11.5. The van der Waals surface area contributed by atoms with Crippen LogP contribution in [-0.2, 0) is 38.0 Å². The van der Waals surface area contributed by atoms with E-state index in [4.69, 9.17) is 9.47 Å². The van der Waals surface area contributed by atoms with E-state index < -0.39 is 5.97 Å². The molecule has 0 unspecified atom stereocenters. The van der Waals surface area contributed by atoms with Gasteiger partial charge in [-0.25, -0.2) is 4.79 Å². The number of benzene rings is 2. The van der Waals surface area contributed by atoms with Crippen molar-refractivity contribution in [2.75, 3.05) is 19.8 Å². The van der Waals surface area contributed by atoms with Gasteiger partial charge in [-0.1, -0.05) is 65.8 Å². The third-order valence-electron chi connectivity index (χ3n) is 5.75. The van der Waals surface area contributed by atoms with E-state index in [0.29, 0.717) is 43.9 Å². The molecule has 0 saturated carbocycles. The monoisotopic (exact) mass is 483 g/mol. The van der Waals surface area contributed by atoms with Gasteiger partial charge in [0, 0.05) is 13.0 Å². The molecule has 0 atom stereocenters. The third-order valence-corrected chi connectivity index (χ3v) is 5.75. The average molecular weight is 484 g/mol. The maximum absolute atomic E-state index is 12.5. The normalized spacial score (nSPS) is 11.7. The molecule has 0 aliphatic heterocycles. The van der Waals surface area contributed by atoms with E-state index in [9.17, 15) is 14.7 Å². The number of hydrogen-bond donors (Lipinski definition) is 2. The van der Waals surface area contributed by atoms with Gasteiger partial charge in [-0.3, -0.25) is 4.79 Å². The van der Waals surface area contributed by atoms with Crippen LogP contribution in [0.1, 0.15) is 77.1 Å². The van der Waals surface area contributed by atoms with E-state index >= 15 is 0 Å². The van der Waals surface area contributed by atoms with Gasteiger partial charge in [0.15, 0.2) is 6.61 Å². The number of phenols is 1. The van der Waals surface area contributed by atoms with Gasteiger partial charge in [-0.2, -0.15) is 0 Å². The minimum absolute atomic E-state index is 0.00193. The molecule has 0 radical (unpaired) electrons. The third kappa shape index (κ3) is 8.93. The Morgan fingerprint density at radius 3 is 1.97 bits per heavy atom. The Morgan fingerprint density at radius 2 is 1.46 bits per heavy atom. The van der Waals surface area contributed by atoms with Crippen molar-refractivity contribution in [2.45, 2.75) is 78.6 Å². The molecule has 2 aromatic carbocycles. The second-order valence-corrected chi connectivity index (χ2v) is 10.9. The fraction of sp³-hybridized carbons (Fsp3) is 0.517. The highest BCUT2D eigenvalue weighted by Crippen LogP contribution is 2.40. The van der Waals surface area contributed by atoms with Crippen LogP contribution in [0.5, 0.6) is 11.5 Å². The summed E-state index contributed by atoms with van der Waals surface area (Å²) in [5.74, 6) is 0.567. The molecule has 0 heterocycles. The Hall–Kier alpha value is -3.02. The lowest BCUT2D eigenvalue weighted by atomic mass is 9.78.